The van der Waals surface area contributed by atoms with E-state index >= 15 is 0 Å². The molecular formula is C51H60N3O10S2+. The molecule has 0 aromatic heterocycles. The first-order valence-corrected chi connectivity index (χ1v) is 25.4. The molecular weight excluding hydrogens is 879 g/mol. The molecule has 13 nitrogen and oxygen atoms in total. The Morgan fingerprint density at radius 1 is 0.848 bits per heavy atom. The molecule has 0 radical (unpaired) electrons. The molecule has 4 aliphatic rings. The van der Waals surface area contributed by atoms with E-state index in [4.69, 9.17) is 9.57 Å². The maximum absolute atomic E-state index is 12.5. The third kappa shape index (κ3) is 10.7. The summed E-state index contributed by atoms with van der Waals surface area (Å²) in [6.45, 7) is 12.3. The maximum Gasteiger partial charge on any atom is 0.333 e. The smallest absolute Gasteiger partial charge is 0.333 e. The lowest BCUT2D eigenvalue weighted by Crippen LogP contribution is -2.32. The second-order valence-electron chi connectivity index (χ2n) is 18.4. The summed E-state index contributed by atoms with van der Waals surface area (Å²) in [7, 11) is -4.41. The minimum Gasteiger partial charge on any atom is -0.457 e. The van der Waals surface area contributed by atoms with E-state index in [0.29, 0.717) is 42.5 Å². The van der Waals surface area contributed by atoms with Crippen LogP contribution in [-0.4, -0.2) is 73.7 Å². The minimum atomic E-state index is -4.41. The van der Waals surface area contributed by atoms with Crippen LogP contribution in [0.15, 0.2) is 119 Å². The summed E-state index contributed by atoms with van der Waals surface area (Å²) < 4.78 is 63.4. The Balaban J connectivity index is 1.21. The molecule has 3 aromatic carbocycles. The van der Waals surface area contributed by atoms with E-state index in [-0.39, 0.29) is 40.7 Å². The van der Waals surface area contributed by atoms with Crippen LogP contribution in [0.4, 0.5) is 11.4 Å². The number of rotatable bonds is 18. The highest BCUT2D eigenvalue weighted by Crippen LogP contribution is 2.49. The van der Waals surface area contributed by atoms with Crippen LogP contribution in [0.1, 0.15) is 115 Å². The van der Waals surface area contributed by atoms with Gasteiger partial charge in [0.25, 0.3) is 21.9 Å². The Labute approximate surface area is 390 Å². The summed E-state index contributed by atoms with van der Waals surface area (Å²) in [4.78, 5) is 43.5. The second kappa shape index (κ2) is 20.2. The number of hydrogen-bond donors (Lipinski definition) is 2. The first-order chi connectivity index (χ1) is 31.4. The van der Waals surface area contributed by atoms with Gasteiger partial charge in [-0.3, -0.25) is 14.1 Å². The fourth-order valence-electron chi connectivity index (χ4n) is 9.44. The fourth-order valence-corrected chi connectivity index (χ4v) is 10.4. The van der Waals surface area contributed by atoms with Crippen molar-refractivity contribution in [3.8, 4) is 5.75 Å². The monoisotopic (exact) mass is 938 g/mol. The average Bonchev–Trinajstić information content (AvgIpc) is 3.78. The molecule has 2 amide bonds. The van der Waals surface area contributed by atoms with E-state index in [2.05, 4.69) is 98.7 Å². The van der Waals surface area contributed by atoms with Gasteiger partial charge in [0.05, 0.1) is 10.3 Å². The number of imide groups is 1. The third-order valence-corrected chi connectivity index (χ3v) is 14.5. The van der Waals surface area contributed by atoms with Crippen molar-refractivity contribution < 1.29 is 50.3 Å². The van der Waals surface area contributed by atoms with Crippen LogP contribution >= 0.6 is 0 Å². The number of benzene rings is 3. The Morgan fingerprint density at radius 3 is 2.29 bits per heavy atom. The number of carbonyl (C=O) groups is 3. The maximum atomic E-state index is 12.5. The van der Waals surface area contributed by atoms with Gasteiger partial charge in [-0.1, -0.05) is 62.2 Å². The van der Waals surface area contributed by atoms with Gasteiger partial charge in [0, 0.05) is 72.5 Å². The van der Waals surface area contributed by atoms with Crippen molar-refractivity contribution in [1.29, 1.82) is 0 Å². The Morgan fingerprint density at radius 2 is 1.58 bits per heavy atom. The van der Waals surface area contributed by atoms with E-state index in [1.807, 2.05) is 12.1 Å². The van der Waals surface area contributed by atoms with Crippen LogP contribution in [0, 0.1) is 6.92 Å². The zero-order valence-corrected chi connectivity index (χ0v) is 40.0. The van der Waals surface area contributed by atoms with Crippen molar-refractivity contribution in [3.05, 3.63) is 130 Å². The van der Waals surface area contributed by atoms with Crippen LogP contribution in [0.2, 0.25) is 0 Å². The summed E-state index contributed by atoms with van der Waals surface area (Å²) in [5.41, 5.74) is 9.24. The molecule has 0 spiro atoms. The van der Waals surface area contributed by atoms with Crippen molar-refractivity contribution in [2.75, 3.05) is 23.7 Å². The molecule has 1 unspecified atom stereocenters. The molecule has 1 aliphatic carbocycles. The highest BCUT2D eigenvalue weighted by molar-refractivity contribution is 7.85. The van der Waals surface area contributed by atoms with Gasteiger partial charge in [0.15, 0.2) is 16.8 Å². The van der Waals surface area contributed by atoms with Crippen molar-refractivity contribution in [3.63, 3.8) is 0 Å². The second-order valence-corrected chi connectivity index (χ2v) is 20.9. The number of amides is 2. The van der Waals surface area contributed by atoms with Crippen molar-refractivity contribution in [2.24, 2.45) is 0 Å². The average molecular weight is 939 g/mol. The number of para-hydroxylation sites is 1. The van der Waals surface area contributed by atoms with Gasteiger partial charge in [-0.15, -0.1) is 5.06 Å². The highest BCUT2D eigenvalue weighted by Gasteiger charge is 2.44. The first kappa shape index (κ1) is 48.5. The minimum absolute atomic E-state index is 0.0509. The zero-order chi connectivity index (χ0) is 47.4. The number of anilines is 1. The largest absolute Gasteiger partial charge is 0.457 e. The quantitative estimate of drug-likeness (QED) is 0.0409. The lowest BCUT2D eigenvalue weighted by Gasteiger charge is -2.27. The SMILES string of the molecule is Cc1ccc2c(c1)C(C)(C)C(=CC=C1CCCC(C=CC3=[N+](CCCCS(=O)O)c4ccccc4C3(C)C)=C1Oc1ccc(S(=O)(=O)O)cc1)N2CCCCCC(=O)ON1C(=O)CCC1=O. The van der Waals surface area contributed by atoms with Crippen LogP contribution in [0.3, 0.4) is 0 Å². The molecule has 3 aromatic rings. The van der Waals surface area contributed by atoms with Gasteiger partial charge in [-0.05, 0) is 118 Å². The molecule has 0 bridgehead atoms. The first-order valence-electron chi connectivity index (χ1n) is 22.7. The number of unbranched alkanes of at least 4 members (excludes halogenated alkanes) is 3. The number of allylic oxidation sites excluding steroid dienone is 7. The predicted octanol–water partition coefficient (Wildman–Crippen LogP) is 9.47. The molecule has 1 saturated heterocycles. The number of aryl methyl sites for hydroxylation is 1. The van der Waals surface area contributed by atoms with Crippen LogP contribution in [0.25, 0.3) is 0 Å². The van der Waals surface area contributed by atoms with E-state index < -0.39 is 39.0 Å². The molecule has 1 atom stereocenters. The zero-order valence-electron chi connectivity index (χ0n) is 38.4. The van der Waals surface area contributed by atoms with E-state index in [0.717, 1.165) is 78.0 Å². The molecule has 2 N–H and O–H groups in total. The Bertz CT molecular complexity index is 2680. The summed E-state index contributed by atoms with van der Waals surface area (Å²) in [6.07, 6.45) is 14.5. The van der Waals surface area contributed by atoms with E-state index in [9.17, 15) is 36.1 Å². The molecule has 0 saturated carbocycles. The molecule has 350 valence electrons. The van der Waals surface area contributed by atoms with Crippen molar-refractivity contribution in [2.45, 2.75) is 121 Å². The van der Waals surface area contributed by atoms with Gasteiger partial charge in [-0.25, -0.2) is 9.00 Å². The lowest BCUT2D eigenvalue weighted by atomic mass is 9.81. The third-order valence-electron chi connectivity index (χ3n) is 13.0. The van der Waals surface area contributed by atoms with Crippen LogP contribution < -0.4 is 9.64 Å². The normalized spacial score (nSPS) is 19.7. The van der Waals surface area contributed by atoms with Gasteiger partial charge in [0.2, 0.25) is 5.69 Å². The number of ether oxygens (including phenoxy) is 1. The number of nitrogens with zero attached hydrogens (tertiary/aromatic N) is 3. The molecule has 15 heteroatoms. The predicted molar refractivity (Wildman–Crippen MR) is 254 cm³/mol. The number of hydroxylamine groups is 2. The summed E-state index contributed by atoms with van der Waals surface area (Å²) >= 11 is -1.85. The van der Waals surface area contributed by atoms with E-state index in [1.165, 1.54) is 23.3 Å². The van der Waals surface area contributed by atoms with Crippen molar-refractivity contribution >= 4 is 56.1 Å². The topological polar surface area (TPSA) is 171 Å². The van der Waals surface area contributed by atoms with E-state index in [1.54, 1.807) is 12.1 Å². The van der Waals surface area contributed by atoms with Gasteiger partial charge in [-0.2, -0.15) is 13.0 Å². The number of carbonyl (C=O) groups excluding carboxylic acids is 3. The van der Waals surface area contributed by atoms with Gasteiger partial charge in [0.1, 0.15) is 18.1 Å². The molecule has 3 heterocycles. The Hall–Kier alpha value is -5.48. The Kier molecular flexibility index (Phi) is 14.8. The number of fused-ring (bicyclic) bond motifs is 2. The highest BCUT2D eigenvalue weighted by atomic mass is 32.2. The standard InChI is InChI=1S/C51H59N3O10S2/c1-35-19-26-43-41(34-35)51(4,5)45(53(43)31-10-6-7-18-48(57)64-54-46(55)29-30-47(54)56)28-21-37-15-13-14-36(49(37)63-38-22-24-39(25-23-38)66(60,61)62)20-27-44-50(2,3)40-16-8-9-17-42(40)52(44)32-11-12-33-65(58)59/h8-9,16-17,19-28,34H,6-7,10-15,18,29-33H2,1-5H3,(H-,58,59,60,61,62)/p+1. The lowest BCUT2D eigenvalue weighted by molar-refractivity contribution is -0.438. The summed E-state index contributed by atoms with van der Waals surface area (Å²) in [6, 6.07) is 20.6. The molecule has 7 rings (SSSR count). The molecule has 66 heavy (non-hydrogen) atoms. The molecule has 1 fully saturated rings. The van der Waals surface area contributed by atoms with Crippen molar-refractivity contribution in [1.82, 2.24) is 5.06 Å². The summed E-state index contributed by atoms with van der Waals surface area (Å²) in [5, 5.41) is 0.591. The molecule has 3 aliphatic heterocycles. The van der Waals surface area contributed by atoms with Gasteiger partial charge >= 0.3 is 5.97 Å². The number of hydrogen-bond acceptors (Lipinski definition) is 9. The summed E-state index contributed by atoms with van der Waals surface area (Å²) in [5.74, 6) is -0.279. The van der Waals surface area contributed by atoms with Gasteiger partial charge < -0.3 is 19.0 Å². The van der Waals surface area contributed by atoms with Crippen LogP contribution in [0.5, 0.6) is 5.75 Å². The fraction of sp³-hybridized carbons (Fsp3) is 0.412. The van der Waals surface area contributed by atoms with Crippen LogP contribution in [-0.2, 0) is 51.2 Å².